The maximum Gasteiger partial charge on any atom is 0.266 e. The van der Waals surface area contributed by atoms with Crippen LogP contribution in [0.25, 0.3) is 0 Å². The second-order valence-electron chi connectivity index (χ2n) is 6.70. The standard InChI is InChI=1S/C16H25N3OS.2ClH/c1-10(2)8-14-15(21-11(3)18-14)16(20)19-12-4-5-13(19)9-17-7-6-12;;/h10,12-13,17H,4-9H2,1-3H3;2*1H. The van der Waals surface area contributed by atoms with Crippen molar-refractivity contribution in [2.45, 2.75) is 58.5 Å². The molecule has 0 radical (unpaired) electrons. The summed E-state index contributed by atoms with van der Waals surface area (Å²) in [7, 11) is 0. The molecule has 1 amide bonds. The third-order valence-electron chi connectivity index (χ3n) is 4.49. The Kier molecular flexibility index (Phi) is 7.78. The molecule has 1 aromatic rings. The van der Waals surface area contributed by atoms with Gasteiger partial charge in [0.15, 0.2) is 0 Å². The molecule has 2 fully saturated rings. The molecular weight excluding hydrogens is 353 g/mol. The van der Waals surface area contributed by atoms with Gasteiger partial charge in [0.05, 0.1) is 10.7 Å². The molecule has 2 aliphatic rings. The molecule has 7 heteroatoms. The van der Waals surface area contributed by atoms with Gasteiger partial charge in [0.1, 0.15) is 4.88 Å². The minimum atomic E-state index is 0. The number of halogens is 2. The molecule has 4 nitrogen and oxygen atoms in total. The fourth-order valence-electron chi connectivity index (χ4n) is 3.59. The molecule has 3 heterocycles. The topological polar surface area (TPSA) is 45.2 Å². The van der Waals surface area contributed by atoms with Gasteiger partial charge in [0, 0.05) is 18.6 Å². The molecule has 0 saturated carbocycles. The maximum absolute atomic E-state index is 13.1. The van der Waals surface area contributed by atoms with Crippen LogP contribution < -0.4 is 5.32 Å². The Hall–Kier alpha value is -0.360. The number of amides is 1. The van der Waals surface area contributed by atoms with E-state index >= 15 is 0 Å². The Bertz CT molecular complexity index is 521. The molecule has 23 heavy (non-hydrogen) atoms. The highest BCUT2D eigenvalue weighted by Crippen LogP contribution is 2.32. The van der Waals surface area contributed by atoms with Gasteiger partial charge in [-0.05, 0) is 45.1 Å². The summed E-state index contributed by atoms with van der Waals surface area (Å²) < 4.78 is 0. The average molecular weight is 380 g/mol. The molecule has 2 saturated heterocycles. The van der Waals surface area contributed by atoms with Gasteiger partial charge in [-0.25, -0.2) is 4.98 Å². The van der Waals surface area contributed by atoms with Crippen LogP contribution in [0.2, 0.25) is 0 Å². The highest BCUT2D eigenvalue weighted by atomic mass is 35.5. The highest BCUT2D eigenvalue weighted by Gasteiger charge is 2.39. The van der Waals surface area contributed by atoms with Gasteiger partial charge in [-0.1, -0.05) is 13.8 Å². The number of hydrogen-bond donors (Lipinski definition) is 1. The second-order valence-corrected chi connectivity index (χ2v) is 7.90. The summed E-state index contributed by atoms with van der Waals surface area (Å²) in [6.07, 6.45) is 4.28. The van der Waals surface area contributed by atoms with Crippen molar-refractivity contribution in [1.82, 2.24) is 15.2 Å². The van der Waals surface area contributed by atoms with Crippen molar-refractivity contribution in [1.29, 1.82) is 0 Å². The van der Waals surface area contributed by atoms with Crippen molar-refractivity contribution in [3.63, 3.8) is 0 Å². The van der Waals surface area contributed by atoms with Crippen LogP contribution in [-0.2, 0) is 6.42 Å². The van der Waals surface area contributed by atoms with Crippen molar-refractivity contribution < 1.29 is 4.79 Å². The van der Waals surface area contributed by atoms with Crippen LogP contribution in [0.4, 0.5) is 0 Å². The summed E-state index contributed by atoms with van der Waals surface area (Å²) in [5.74, 6) is 0.757. The lowest BCUT2D eigenvalue weighted by Gasteiger charge is -2.27. The predicted octanol–water partition coefficient (Wildman–Crippen LogP) is 3.46. The molecule has 0 aromatic carbocycles. The number of nitrogens with zero attached hydrogens (tertiary/aromatic N) is 2. The van der Waals surface area contributed by atoms with Crippen LogP contribution in [0.5, 0.6) is 0 Å². The normalized spacial score (nSPS) is 23.2. The van der Waals surface area contributed by atoms with E-state index in [0.717, 1.165) is 54.4 Å². The van der Waals surface area contributed by atoms with Crippen LogP contribution in [0.15, 0.2) is 0 Å². The summed E-state index contributed by atoms with van der Waals surface area (Å²) in [5, 5.41) is 4.47. The molecule has 0 aliphatic carbocycles. The minimum Gasteiger partial charge on any atom is -0.331 e. The molecule has 1 aromatic heterocycles. The Labute approximate surface area is 155 Å². The first-order chi connectivity index (χ1) is 10.1. The monoisotopic (exact) mass is 379 g/mol. The third kappa shape index (κ3) is 4.38. The van der Waals surface area contributed by atoms with Crippen LogP contribution in [0.3, 0.4) is 0 Å². The van der Waals surface area contributed by atoms with E-state index in [1.165, 1.54) is 0 Å². The van der Waals surface area contributed by atoms with Gasteiger partial charge in [0.25, 0.3) is 5.91 Å². The fourth-order valence-corrected chi connectivity index (χ4v) is 4.48. The molecule has 2 atom stereocenters. The van der Waals surface area contributed by atoms with Crippen molar-refractivity contribution in [2.24, 2.45) is 5.92 Å². The van der Waals surface area contributed by atoms with Gasteiger partial charge >= 0.3 is 0 Å². The molecule has 3 rings (SSSR count). The van der Waals surface area contributed by atoms with Gasteiger partial charge in [-0.15, -0.1) is 36.2 Å². The number of aromatic nitrogens is 1. The number of hydrogen-bond acceptors (Lipinski definition) is 4. The number of carbonyl (C=O) groups is 1. The lowest BCUT2D eigenvalue weighted by molar-refractivity contribution is 0.0684. The van der Waals surface area contributed by atoms with E-state index in [0.29, 0.717) is 18.0 Å². The maximum atomic E-state index is 13.1. The summed E-state index contributed by atoms with van der Waals surface area (Å²) in [6.45, 7) is 8.35. The van der Waals surface area contributed by atoms with Crippen LogP contribution >= 0.6 is 36.2 Å². The van der Waals surface area contributed by atoms with Crippen LogP contribution in [-0.4, -0.2) is 41.0 Å². The lowest BCUT2D eigenvalue weighted by atomic mass is 10.1. The number of carbonyl (C=O) groups excluding carboxylic acids is 1. The van der Waals surface area contributed by atoms with Crippen molar-refractivity contribution in [2.75, 3.05) is 13.1 Å². The first kappa shape index (κ1) is 20.7. The van der Waals surface area contributed by atoms with E-state index in [2.05, 4.69) is 29.0 Å². The zero-order valence-electron chi connectivity index (χ0n) is 14.0. The highest BCUT2D eigenvalue weighted by molar-refractivity contribution is 7.13. The minimum absolute atomic E-state index is 0. The SMILES string of the molecule is Cc1nc(CC(C)C)c(C(=O)N2C3CCNCC2CC3)s1.Cl.Cl. The van der Waals surface area contributed by atoms with E-state index in [4.69, 9.17) is 0 Å². The average Bonchev–Trinajstić information content (AvgIpc) is 2.87. The zero-order valence-corrected chi connectivity index (χ0v) is 16.5. The van der Waals surface area contributed by atoms with Crippen LogP contribution in [0, 0.1) is 12.8 Å². The molecule has 2 unspecified atom stereocenters. The number of thiazole rings is 1. The summed E-state index contributed by atoms with van der Waals surface area (Å²) >= 11 is 1.57. The van der Waals surface area contributed by atoms with Gasteiger partial charge in [0.2, 0.25) is 0 Å². The molecular formula is C16H27Cl2N3OS. The molecule has 132 valence electrons. The summed E-state index contributed by atoms with van der Waals surface area (Å²) in [6, 6.07) is 0.797. The first-order valence-electron chi connectivity index (χ1n) is 8.06. The van der Waals surface area contributed by atoms with Gasteiger partial charge in [-0.2, -0.15) is 0 Å². The van der Waals surface area contributed by atoms with Gasteiger partial charge in [-0.3, -0.25) is 4.79 Å². The first-order valence-corrected chi connectivity index (χ1v) is 8.87. The Morgan fingerprint density at radius 3 is 2.70 bits per heavy atom. The Morgan fingerprint density at radius 1 is 1.30 bits per heavy atom. The number of aryl methyl sites for hydroxylation is 1. The van der Waals surface area contributed by atoms with E-state index in [9.17, 15) is 4.79 Å². The fraction of sp³-hybridized carbons (Fsp3) is 0.750. The van der Waals surface area contributed by atoms with Gasteiger partial charge < -0.3 is 10.2 Å². The molecule has 0 spiro atoms. The number of fused-ring (bicyclic) bond motifs is 2. The van der Waals surface area contributed by atoms with E-state index in [1.807, 2.05) is 6.92 Å². The third-order valence-corrected chi connectivity index (χ3v) is 5.49. The smallest absolute Gasteiger partial charge is 0.266 e. The van der Waals surface area contributed by atoms with Crippen LogP contribution in [0.1, 0.15) is 53.5 Å². The van der Waals surface area contributed by atoms with E-state index < -0.39 is 0 Å². The van der Waals surface area contributed by atoms with E-state index in [1.54, 1.807) is 11.3 Å². The van der Waals surface area contributed by atoms with Crippen molar-refractivity contribution in [3.05, 3.63) is 15.6 Å². The molecule has 1 N–H and O–H groups in total. The number of nitrogens with one attached hydrogen (secondary N) is 1. The quantitative estimate of drug-likeness (QED) is 0.874. The lowest BCUT2D eigenvalue weighted by Crippen LogP contribution is -2.42. The van der Waals surface area contributed by atoms with Crippen molar-refractivity contribution in [3.8, 4) is 0 Å². The van der Waals surface area contributed by atoms with E-state index in [-0.39, 0.29) is 30.7 Å². The summed E-state index contributed by atoms with van der Waals surface area (Å²) in [5.41, 5.74) is 1.01. The Balaban J connectivity index is 0.00000132. The largest absolute Gasteiger partial charge is 0.331 e. The summed E-state index contributed by atoms with van der Waals surface area (Å²) in [4.78, 5) is 20.8. The zero-order chi connectivity index (χ0) is 15.0. The van der Waals surface area contributed by atoms with Crippen molar-refractivity contribution >= 4 is 42.1 Å². The second kappa shape index (κ2) is 8.65. The number of rotatable bonds is 3. The predicted molar refractivity (Wildman–Crippen MR) is 100 cm³/mol. The Morgan fingerprint density at radius 2 is 2.00 bits per heavy atom. The molecule has 2 bridgehead atoms. The molecule has 2 aliphatic heterocycles.